The lowest BCUT2D eigenvalue weighted by molar-refractivity contribution is -0.176. The molecular formula is C13H16F4N2. The molecule has 0 aromatic heterocycles. The van der Waals surface area contributed by atoms with Gasteiger partial charge in [0.05, 0.1) is 5.92 Å². The van der Waals surface area contributed by atoms with Crippen molar-refractivity contribution in [2.45, 2.75) is 12.7 Å². The van der Waals surface area contributed by atoms with Crippen molar-refractivity contribution >= 4 is 0 Å². The normalized spacial score (nSPS) is 22.2. The number of alkyl halides is 3. The summed E-state index contributed by atoms with van der Waals surface area (Å²) in [5.41, 5.74) is 0.823. The van der Waals surface area contributed by atoms with Crippen molar-refractivity contribution in [1.82, 2.24) is 10.2 Å². The molecule has 1 heterocycles. The molecule has 0 spiro atoms. The highest BCUT2D eigenvalue weighted by Gasteiger charge is 2.40. The molecule has 2 rings (SSSR count). The van der Waals surface area contributed by atoms with Gasteiger partial charge in [0.15, 0.2) is 0 Å². The Bertz CT molecular complexity index is 402. The van der Waals surface area contributed by atoms with Gasteiger partial charge in [-0.2, -0.15) is 13.2 Å². The summed E-state index contributed by atoms with van der Waals surface area (Å²) in [4.78, 5) is 1.76. The monoisotopic (exact) mass is 276 g/mol. The molecule has 19 heavy (non-hydrogen) atoms. The number of halogens is 4. The highest BCUT2D eigenvalue weighted by atomic mass is 19.4. The van der Waals surface area contributed by atoms with Gasteiger partial charge in [-0.05, 0) is 17.7 Å². The molecule has 1 unspecified atom stereocenters. The topological polar surface area (TPSA) is 15.3 Å². The fourth-order valence-corrected chi connectivity index (χ4v) is 2.19. The summed E-state index contributed by atoms with van der Waals surface area (Å²) >= 11 is 0. The fourth-order valence-electron chi connectivity index (χ4n) is 2.19. The van der Waals surface area contributed by atoms with Gasteiger partial charge in [0, 0.05) is 32.7 Å². The maximum atomic E-state index is 12.8. The first-order valence-corrected chi connectivity index (χ1v) is 6.19. The molecule has 6 heteroatoms. The third-order valence-corrected chi connectivity index (χ3v) is 3.26. The summed E-state index contributed by atoms with van der Waals surface area (Å²) in [6.45, 7) is 1.45. The highest BCUT2D eigenvalue weighted by molar-refractivity contribution is 5.15. The number of hydrogen-bond donors (Lipinski definition) is 1. The lowest BCUT2D eigenvalue weighted by atomic mass is 10.1. The van der Waals surface area contributed by atoms with E-state index in [0.29, 0.717) is 19.6 Å². The smallest absolute Gasteiger partial charge is 0.315 e. The molecule has 1 fully saturated rings. The quantitative estimate of drug-likeness (QED) is 0.835. The molecular weight excluding hydrogens is 260 g/mol. The number of nitrogens with zero attached hydrogens (tertiary/aromatic N) is 1. The van der Waals surface area contributed by atoms with Crippen molar-refractivity contribution in [3.8, 4) is 0 Å². The Balaban J connectivity index is 2.00. The second-order valence-electron chi connectivity index (χ2n) is 4.80. The van der Waals surface area contributed by atoms with Crippen molar-refractivity contribution in [2.24, 2.45) is 5.92 Å². The molecule has 0 saturated carbocycles. The van der Waals surface area contributed by atoms with Crippen LogP contribution in [0.25, 0.3) is 0 Å². The molecule has 0 bridgehead atoms. The van der Waals surface area contributed by atoms with E-state index in [0.717, 1.165) is 5.56 Å². The maximum Gasteiger partial charge on any atom is 0.394 e. The standard InChI is InChI=1S/C13H16F4N2/c14-12-3-1-10(2-4-12)8-19-6-5-18-7-11(9-19)13(15,16)17/h1-4,11,18H,5-9H2. The van der Waals surface area contributed by atoms with Crippen LogP contribution in [0, 0.1) is 11.7 Å². The molecule has 1 aliphatic heterocycles. The van der Waals surface area contributed by atoms with Gasteiger partial charge in [0.25, 0.3) is 0 Å². The van der Waals surface area contributed by atoms with Crippen LogP contribution >= 0.6 is 0 Å². The molecule has 1 aromatic carbocycles. The number of nitrogens with one attached hydrogen (secondary N) is 1. The van der Waals surface area contributed by atoms with E-state index in [4.69, 9.17) is 0 Å². The van der Waals surface area contributed by atoms with Gasteiger partial charge < -0.3 is 5.32 Å². The average molecular weight is 276 g/mol. The molecule has 106 valence electrons. The molecule has 1 N–H and O–H groups in total. The van der Waals surface area contributed by atoms with Crippen molar-refractivity contribution in [3.63, 3.8) is 0 Å². The minimum absolute atomic E-state index is 0.0200. The predicted octanol–water partition coefficient (Wildman–Crippen LogP) is 2.41. The van der Waals surface area contributed by atoms with Crippen molar-refractivity contribution in [3.05, 3.63) is 35.6 Å². The van der Waals surface area contributed by atoms with Gasteiger partial charge in [-0.1, -0.05) is 12.1 Å². The predicted molar refractivity (Wildman–Crippen MR) is 64.1 cm³/mol. The first kappa shape index (κ1) is 14.3. The lowest BCUT2D eigenvalue weighted by Gasteiger charge is -2.25. The summed E-state index contributed by atoms with van der Waals surface area (Å²) in [7, 11) is 0. The lowest BCUT2D eigenvalue weighted by Crippen LogP contribution is -2.37. The Morgan fingerprint density at radius 2 is 1.89 bits per heavy atom. The van der Waals surface area contributed by atoms with Crippen LogP contribution in [0.5, 0.6) is 0 Å². The van der Waals surface area contributed by atoms with E-state index < -0.39 is 12.1 Å². The van der Waals surface area contributed by atoms with Crippen LogP contribution in [0.15, 0.2) is 24.3 Å². The Hall–Kier alpha value is -1.14. The van der Waals surface area contributed by atoms with E-state index in [1.165, 1.54) is 12.1 Å². The van der Waals surface area contributed by atoms with Gasteiger partial charge in [-0.3, -0.25) is 4.90 Å². The molecule has 1 saturated heterocycles. The zero-order valence-electron chi connectivity index (χ0n) is 10.4. The second kappa shape index (κ2) is 5.88. The SMILES string of the molecule is Fc1ccc(CN2CCNCC(C(F)(F)F)C2)cc1. The third-order valence-electron chi connectivity index (χ3n) is 3.26. The van der Waals surface area contributed by atoms with Crippen LogP contribution in [0.2, 0.25) is 0 Å². The first-order chi connectivity index (χ1) is 8.95. The van der Waals surface area contributed by atoms with E-state index in [1.54, 1.807) is 17.0 Å². The maximum absolute atomic E-state index is 12.8. The van der Waals surface area contributed by atoms with Crippen molar-refractivity contribution in [1.29, 1.82) is 0 Å². The molecule has 0 amide bonds. The molecule has 2 nitrogen and oxygen atoms in total. The van der Waals surface area contributed by atoms with Crippen LogP contribution in [0.1, 0.15) is 5.56 Å². The van der Waals surface area contributed by atoms with Gasteiger partial charge in [0.1, 0.15) is 5.82 Å². The molecule has 0 radical (unpaired) electrons. The molecule has 1 aromatic rings. The van der Waals surface area contributed by atoms with Crippen LogP contribution < -0.4 is 5.32 Å². The zero-order chi connectivity index (χ0) is 13.9. The van der Waals surface area contributed by atoms with E-state index in [9.17, 15) is 17.6 Å². The number of rotatable bonds is 2. The van der Waals surface area contributed by atoms with Crippen LogP contribution in [-0.4, -0.2) is 37.3 Å². The number of benzene rings is 1. The Labute approximate surface area is 109 Å². The summed E-state index contributed by atoms with van der Waals surface area (Å²) in [6, 6.07) is 5.87. The Morgan fingerprint density at radius 1 is 1.21 bits per heavy atom. The summed E-state index contributed by atoms with van der Waals surface area (Å²) in [5, 5.41) is 2.81. The van der Waals surface area contributed by atoms with Gasteiger partial charge in [-0.25, -0.2) is 4.39 Å². The highest BCUT2D eigenvalue weighted by Crippen LogP contribution is 2.27. The van der Waals surface area contributed by atoms with E-state index >= 15 is 0 Å². The third kappa shape index (κ3) is 4.18. The molecule has 1 atom stereocenters. The molecule has 0 aliphatic carbocycles. The average Bonchev–Trinajstić information content (AvgIpc) is 2.57. The molecule has 1 aliphatic rings. The van der Waals surface area contributed by atoms with Crippen molar-refractivity contribution < 1.29 is 17.6 Å². The van der Waals surface area contributed by atoms with Crippen LogP contribution in [0.4, 0.5) is 17.6 Å². The zero-order valence-corrected chi connectivity index (χ0v) is 10.4. The van der Waals surface area contributed by atoms with Gasteiger partial charge in [0.2, 0.25) is 0 Å². The number of hydrogen-bond acceptors (Lipinski definition) is 2. The van der Waals surface area contributed by atoms with Crippen molar-refractivity contribution in [2.75, 3.05) is 26.2 Å². The minimum atomic E-state index is -4.18. The Kier molecular flexibility index (Phi) is 4.42. The summed E-state index contributed by atoms with van der Waals surface area (Å²) in [5.74, 6) is -1.69. The van der Waals surface area contributed by atoms with Crippen LogP contribution in [-0.2, 0) is 6.54 Å². The van der Waals surface area contributed by atoms with Gasteiger partial charge >= 0.3 is 6.18 Å². The second-order valence-corrected chi connectivity index (χ2v) is 4.80. The Morgan fingerprint density at radius 3 is 2.53 bits per heavy atom. The summed E-state index contributed by atoms with van der Waals surface area (Å²) < 4.78 is 51.1. The van der Waals surface area contributed by atoms with E-state index in [-0.39, 0.29) is 18.9 Å². The van der Waals surface area contributed by atoms with Crippen LogP contribution in [0.3, 0.4) is 0 Å². The minimum Gasteiger partial charge on any atom is -0.315 e. The van der Waals surface area contributed by atoms with Gasteiger partial charge in [-0.15, -0.1) is 0 Å². The first-order valence-electron chi connectivity index (χ1n) is 6.19. The largest absolute Gasteiger partial charge is 0.394 e. The van der Waals surface area contributed by atoms with E-state index in [2.05, 4.69) is 5.32 Å². The summed E-state index contributed by atoms with van der Waals surface area (Å²) in [6.07, 6.45) is -4.18. The fraction of sp³-hybridized carbons (Fsp3) is 0.538. The van der Waals surface area contributed by atoms with E-state index in [1.807, 2.05) is 0 Å².